The summed E-state index contributed by atoms with van der Waals surface area (Å²) in [6.07, 6.45) is 9.43. The van der Waals surface area contributed by atoms with E-state index in [1.54, 1.807) is 6.20 Å². The van der Waals surface area contributed by atoms with Gasteiger partial charge in [0.1, 0.15) is 11.7 Å². The first-order chi connectivity index (χ1) is 18.0. The molecule has 202 valence electrons. The average Bonchev–Trinajstić information content (AvgIpc) is 3.56. The Morgan fingerprint density at radius 3 is 2.66 bits per heavy atom. The van der Waals surface area contributed by atoms with Crippen molar-refractivity contribution < 1.29 is 14.4 Å². The van der Waals surface area contributed by atoms with E-state index in [9.17, 15) is 14.4 Å². The Balaban J connectivity index is 0.00000336. The number of thiophene rings is 1. The molecule has 2 aromatic heterocycles. The lowest BCUT2D eigenvalue weighted by molar-refractivity contribution is -0.136. The Bertz CT molecular complexity index is 1250. The topological polar surface area (TPSA) is 118 Å². The second-order valence-electron chi connectivity index (χ2n) is 9.91. The minimum Gasteiger partial charge on any atom is -0.326 e. The maximum Gasteiger partial charge on any atom is 0.251 e. The van der Waals surface area contributed by atoms with Crippen LogP contribution in [0, 0.1) is 5.92 Å². The van der Waals surface area contributed by atoms with Gasteiger partial charge >= 0.3 is 0 Å². The lowest BCUT2D eigenvalue weighted by Gasteiger charge is -2.21. The number of carbonyl (C=O) groups is 3. The van der Waals surface area contributed by atoms with Gasteiger partial charge in [0.05, 0.1) is 12.6 Å². The summed E-state index contributed by atoms with van der Waals surface area (Å²) in [5.74, 6) is 0.102. The first-order valence-corrected chi connectivity index (χ1v) is 13.8. The van der Waals surface area contributed by atoms with E-state index in [0.29, 0.717) is 12.1 Å². The van der Waals surface area contributed by atoms with Crippen molar-refractivity contribution in [3.63, 3.8) is 0 Å². The second-order valence-corrected chi connectivity index (χ2v) is 10.9. The number of aromatic nitrogens is 3. The molecule has 9 nitrogen and oxygen atoms in total. The van der Waals surface area contributed by atoms with Gasteiger partial charge in [0, 0.05) is 34.5 Å². The summed E-state index contributed by atoms with van der Waals surface area (Å²) in [5, 5.41) is 19.1. The third-order valence-corrected chi connectivity index (χ3v) is 7.99. The largest absolute Gasteiger partial charge is 0.326 e. The normalized spacial score (nSPS) is 18.1. The monoisotopic (exact) mass is 556 g/mol. The molecule has 2 fully saturated rings. The van der Waals surface area contributed by atoms with Crippen LogP contribution in [0.2, 0.25) is 0 Å². The summed E-state index contributed by atoms with van der Waals surface area (Å²) in [5.41, 5.74) is 3.46. The molecule has 38 heavy (non-hydrogen) atoms. The van der Waals surface area contributed by atoms with E-state index in [-0.39, 0.29) is 43.0 Å². The zero-order valence-corrected chi connectivity index (χ0v) is 22.8. The number of anilines is 1. The van der Waals surface area contributed by atoms with Gasteiger partial charge in [0.25, 0.3) is 5.91 Å². The van der Waals surface area contributed by atoms with Crippen molar-refractivity contribution in [1.82, 2.24) is 25.6 Å². The molecule has 1 unspecified atom stereocenters. The van der Waals surface area contributed by atoms with Gasteiger partial charge < -0.3 is 10.6 Å². The standard InChI is InChI=1S/C27H32N6O3S.ClH/c34-25-11-10-24(27(36)30-25)33-16-23(31-32-33)20-12-22(37-17-20)13-26(35)29-21-8-6-19(7-9-21)15-28-14-18-4-2-1-3-5-18;/h6-9,12,16-18,24,28H,1-5,10-11,13-15H2,(H,29,35)(H,30,34,36);1H. The Morgan fingerprint density at radius 2 is 1.89 bits per heavy atom. The fraction of sp³-hybridized carbons (Fsp3) is 0.444. The van der Waals surface area contributed by atoms with Crippen LogP contribution < -0.4 is 16.0 Å². The molecule has 2 aliphatic rings. The first kappa shape index (κ1) is 27.9. The third-order valence-electron chi connectivity index (χ3n) is 7.05. The molecule has 1 aliphatic heterocycles. The highest BCUT2D eigenvalue weighted by Gasteiger charge is 2.29. The van der Waals surface area contributed by atoms with Gasteiger partial charge in [-0.05, 0) is 55.5 Å². The van der Waals surface area contributed by atoms with Crippen molar-refractivity contribution in [2.75, 3.05) is 11.9 Å². The Labute approximate surface area is 232 Å². The van der Waals surface area contributed by atoms with E-state index >= 15 is 0 Å². The Morgan fingerprint density at radius 1 is 1.11 bits per heavy atom. The van der Waals surface area contributed by atoms with Crippen LogP contribution in [0.1, 0.15) is 61.4 Å². The zero-order valence-electron chi connectivity index (χ0n) is 21.2. The van der Waals surface area contributed by atoms with E-state index in [0.717, 1.165) is 35.1 Å². The Kier molecular flexibility index (Phi) is 9.65. The van der Waals surface area contributed by atoms with E-state index in [4.69, 9.17) is 0 Å². The molecule has 0 spiro atoms. The minimum atomic E-state index is -0.540. The highest BCUT2D eigenvalue weighted by atomic mass is 35.5. The van der Waals surface area contributed by atoms with Crippen LogP contribution in [0.3, 0.4) is 0 Å². The first-order valence-electron chi connectivity index (χ1n) is 13.0. The van der Waals surface area contributed by atoms with Crippen LogP contribution in [0.25, 0.3) is 11.3 Å². The molecule has 3 heterocycles. The molecule has 1 atom stereocenters. The van der Waals surface area contributed by atoms with Crippen molar-refractivity contribution in [3.8, 4) is 11.3 Å². The van der Waals surface area contributed by atoms with Crippen LogP contribution in [0.15, 0.2) is 41.9 Å². The molecule has 1 aliphatic carbocycles. The summed E-state index contributed by atoms with van der Waals surface area (Å²) in [7, 11) is 0. The smallest absolute Gasteiger partial charge is 0.251 e. The minimum absolute atomic E-state index is 0. The van der Waals surface area contributed by atoms with Crippen LogP contribution in [0.4, 0.5) is 5.69 Å². The molecule has 3 N–H and O–H groups in total. The van der Waals surface area contributed by atoms with E-state index in [1.807, 2.05) is 23.6 Å². The number of benzene rings is 1. The number of hydrogen-bond donors (Lipinski definition) is 3. The Hall–Kier alpha value is -3.08. The molecule has 3 amide bonds. The average molecular weight is 557 g/mol. The quantitative estimate of drug-likeness (QED) is 0.339. The number of hydrogen-bond acceptors (Lipinski definition) is 7. The molecule has 5 rings (SSSR count). The maximum absolute atomic E-state index is 12.6. The number of piperidine rings is 1. The van der Waals surface area contributed by atoms with Crippen LogP contribution in [-0.2, 0) is 27.3 Å². The van der Waals surface area contributed by atoms with Crippen molar-refractivity contribution >= 4 is 47.2 Å². The second kappa shape index (κ2) is 13.1. The summed E-state index contributed by atoms with van der Waals surface area (Å²) in [6.45, 7) is 1.92. The van der Waals surface area contributed by atoms with Gasteiger partial charge in [-0.1, -0.05) is 36.6 Å². The number of nitrogens with one attached hydrogen (secondary N) is 3. The lowest BCUT2D eigenvalue weighted by atomic mass is 9.89. The molecule has 11 heteroatoms. The summed E-state index contributed by atoms with van der Waals surface area (Å²) in [4.78, 5) is 37.0. The van der Waals surface area contributed by atoms with Crippen molar-refractivity contribution in [2.45, 2.75) is 64.0 Å². The fourth-order valence-electron chi connectivity index (χ4n) is 4.98. The third kappa shape index (κ3) is 7.27. The van der Waals surface area contributed by atoms with Crippen LogP contribution in [-0.4, -0.2) is 39.3 Å². The summed E-state index contributed by atoms with van der Waals surface area (Å²) >= 11 is 1.48. The molecule has 0 radical (unpaired) electrons. The van der Waals surface area contributed by atoms with E-state index < -0.39 is 6.04 Å². The molecule has 1 aromatic carbocycles. The van der Waals surface area contributed by atoms with Crippen molar-refractivity contribution in [2.24, 2.45) is 5.92 Å². The highest BCUT2D eigenvalue weighted by molar-refractivity contribution is 7.10. The molecule has 3 aromatic rings. The molecule has 0 bridgehead atoms. The van der Waals surface area contributed by atoms with E-state index in [1.165, 1.54) is 53.7 Å². The number of nitrogens with zero attached hydrogens (tertiary/aromatic N) is 3. The van der Waals surface area contributed by atoms with E-state index in [2.05, 4.69) is 38.4 Å². The highest BCUT2D eigenvalue weighted by Crippen LogP contribution is 2.27. The van der Waals surface area contributed by atoms with Gasteiger partial charge in [-0.2, -0.15) is 0 Å². The van der Waals surface area contributed by atoms with Gasteiger partial charge in [-0.25, -0.2) is 4.68 Å². The van der Waals surface area contributed by atoms with Gasteiger partial charge in [-0.15, -0.1) is 28.8 Å². The SMILES string of the molecule is Cl.O=C1CCC(n2cc(-c3csc(CC(=O)Nc4ccc(CNCC5CCCCC5)cc4)c3)nn2)C(=O)N1. The zero-order chi connectivity index (χ0) is 25.6. The number of carbonyl (C=O) groups excluding carboxylic acids is 3. The molecular formula is C27H33ClN6O3S. The fourth-order valence-corrected chi connectivity index (χ4v) is 5.86. The number of rotatable bonds is 9. The number of amides is 3. The number of imide groups is 1. The summed E-state index contributed by atoms with van der Waals surface area (Å²) < 4.78 is 1.50. The maximum atomic E-state index is 12.6. The van der Waals surface area contributed by atoms with Crippen molar-refractivity contribution in [1.29, 1.82) is 0 Å². The molecule has 1 saturated heterocycles. The predicted molar refractivity (Wildman–Crippen MR) is 149 cm³/mol. The summed E-state index contributed by atoms with van der Waals surface area (Å²) in [6, 6.07) is 9.38. The van der Waals surface area contributed by atoms with Gasteiger partial charge in [-0.3, -0.25) is 19.7 Å². The molecular weight excluding hydrogens is 524 g/mol. The van der Waals surface area contributed by atoms with Crippen LogP contribution >= 0.6 is 23.7 Å². The van der Waals surface area contributed by atoms with Crippen LogP contribution in [0.5, 0.6) is 0 Å². The lowest BCUT2D eigenvalue weighted by Crippen LogP contribution is -2.41. The van der Waals surface area contributed by atoms with Gasteiger partial charge in [0.2, 0.25) is 11.8 Å². The van der Waals surface area contributed by atoms with Crippen molar-refractivity contribution in [3.05, 3.63) is 52.3 Å². The molecule has 1 saturated carbocycles. The van der Waals surface area contributed by atoms with Gasteiger partial charge in [0.15, 0.2) is 0 Å². The number of halogens is 1. The predicted octanol–water partition coefficient (Wildman–Crippen LogP) is 4.26.